The first-order chi connectivity index (χ1) is 19.2. The molecule has 2 aromatic carbocycles. The van der Waals surface area contributed by atoms with E-state index in [4.69, 9.17) is 18.9 Å². The Labute approximate surface area is 234 Å². The molecule has 4 rings (SSSR count). The molecule has 0 amide bonds. The topological polar surface area (TPSA) is 108 Å². The van der Waals surface area contributed by atoms with E-state index in [0.29, 0.717) is 73.3 Å². The van der Waals surface area contributed by atoms with Gasteiger partial charge in [-0.05, 0) is 74.4 Å². The van der Waals surface area contributed by atoms with Crippen LogP contribution in [0.15, 0.2) is 42.5 Å². The van der Waals surface area contributed by atoms with Crippen LogP contribution in [0.1, 0.15) is 91.8 Å². The van der Waals surface area contributed by atoms with E-state index >= 15 is 0 Å². The van der Waals surface area contributed by atoms with Crippen molar-refractivity contribution in [3.8, 4) is 23.0 Å². The van der Waals surface area contributed by atoms with E-state index in [1.54, 1.807) is 37.3 Å². The number of phenols is 1. The second kappa shape index (κ2) is 12.9. The van der Waals surface area contributed by atoms with Gasteiger partial charge < -0.3 is 24.1 Å². The van der Waals surface area contributed by atoms with E-state index in [9.17, 15) is 19.5 Å². The molecule has 212 valence electrons. The third-order valence-corrected chi connectivity index (χ3v) is 7.04. The largest absolute Gasteiger partial charge is 0.507 e. The van der Waals surface area contributed by atoms with E-state index in [1.807, 2.05) is 13.0 Å². The molecule has 2 heterocycles. The van der Waals surface area contributed by atoms with Crippen LogP contribution in [0.25, 0.3) is 6.08 Å². The van der Waals surface area contributed by atoms with Crippen LogP contribution >= 0.6 is 0 Å². The highest BCUT2D eigenvalue weighted by Crippen LogP contribution is 2.48. The van der Waals surface area contributed by atoms with Crippen molar-refractivity contribution in [2.45, 2.75) is 70.8 Å². The Hall–Kier alpha value is -4.07. The van der Waals surface area contributed by atoms with Gasteiger partial charge in [-0.25, -0.2) is 4.79 Å². The van der Waals surface area contributed by atoms with E-state index in [1.165, 1.54) is 7.11 Å². The smallest absolute Gasteiger partial charge is 0.342 e. The molecule has 0 radical (unpaired) electrons. The van der Waals surface area contributed by atoms with Crippen molar-refractivity contribution in [1.82, 2.24) is 0 Å². The predicted octanol–water partition coefficient (Wildman–Crippen LogP) is 6.28. The fourth-order valence-corrected chi connectivity index (χ4v) is 5.02. The average molecular weight is 549 g/mol. The minimum atomic E-state index is -0.674. The number of benzene rings is 2. The van der Waals surface area contributed by atoms with E-state index in [0.717, 1.165) is 5.57 Å². The predicted molar refractivity (Wildman–Crippen MR) is 150 cm³/mol. The summed E-state index contributed by atoms with van der Waals surface area (Å²) in [5.41, 5.74) is 2.28. The van der Waals surface area contributed by atoms with Gasteiger partial charge in [0.25, 0.3) is 0 Å². The molecule has 2 atom stereocenters. The first-order valence-electron chi connectivity index (χ1n) is 13.6. The lowest BCUT2D eigenvalue weighted by Gasteiger charge is -2.28. The van der Waals surface area contributed by atoms with Gasteiger partial charge in [-0.1, -0.05) is 24.8 Å². The lowest BCUT2D eigenvalue weighted by atomic mass is 9.83. The second-order valence-electron chi connectivity index (χ2n) is 10.4. The summed E-state index contributed by atoms with van der Waals surface area (Å²) in [5.74, 6) is -0.653. The third-order valence-electron chi connectivity index (χ3n) is 7.04. The Morgan fingerprint density at radius 3 is 2.65 bits per heavy atom. The summed E-state index contributed by atoms with van der Waals surface area (Å²) in [5, 5.41) is 11.6. The SMILES string of the molecule is C=C(C)COc1ccc(C2CC(=O)Oc3cc4c(c(O)c32)C(=O)O[C@@H](C)CCCC(=O)CCCC=C4)cc1OC. The molecule has 40 heavy (non-hydrogen) atoms. The number of hydrogen-bond donors (Lipinski definition) is 1. The number of phenolic OH excluding ortho intramolecular Hbond substituents is 1. The maximum atomic E-state index is 13.4. The summed E-state index contributed by atoms with van der Waals surface area (Å²) >= 11 is 0. The quantitative estimate of drug-likeness (QED) is 0.264. The van der Waals surface area contributed by atoms with Gasteiger partial charge in [0.1, 0.15) is 29.5 Å². The van der Waals surface area contributed by atoms with E-state index < -0.39 is 24.0 Å². The van der Waals surface area contributed by atoms with Crippen molar-refractivity contribution in [2.75, 3.05) is 13.7 Å². The molecular weight excluding hydrogens is 512 g/mol. The number of allylic oxidation sites excluding steroid dienone is 1. The minimum Gasteiger partial charge on any atom is -0.507 e. The van der Waals surface area contributed by atoms with Crippen molar-refractivity contribution in [1.29, 1.82) is 0 Å². The number of ketones is 1. The zero-order valence-electron chi connectivity index (χ0n) is 23.3. The van der Waals surface area contributed by atoms with Crippen LogP contribution in [0.4, 0.5) is 0 Å². The van der Waals surface area contributed by atoms with Crippen LogP contribution < -0.4 is 14.2 Å². The highest BCUT2D eigenvalue weighted by Gasteiger charge is 2.36. The maximum absolute atomic E-state index is 13.4. The monoisotopic (exact) mass is 548 g/mol. The highest BCUT2D eigenvalue weighted by molar-refractivity contribution is 5.98. The Kier molecular flexibility index (Phi) is 9.30. The summed E-state index contributed by atoms with van der Waals surface area (Å²) in [6.45, 7) is 7.80. The fraction of sp³-hybridized carbons (Fsp3) is 0.406. The molecule has 0 fully saturated rings. The summed E-state index contributed by atoms with van der Waals surface area (Å²) in [6, 6.07) is 6.90. The van der Waals surface area contributed by atoms with Crippen molar-refractivity contribution >= 4 is 23.8 Å². The van der Waals surface area contributed by atoms with E-state index in [-0.39, 0.29) is 29.3 Å². The number of rotatable bonds is 5. The zero-order valence-corrected chi connectivity index (χ0v) is 23.3. The normalized spacial score (nSPS) is 19.9. The first-order valence-corrected chi connectivity index (χ1v) is 13.6. The fourth-order valence-electron chi connectivity index (χ4n) is 5.02. The number of Topliss-reactive ketones (excluding diaryl/α,β-unsaturated/α-hetero) is 1. The number of hydrogen-bond acceptors (Lipinski definition) is 8. The van der Waals surface area contributed by atoms with Crippen molar-refractivity contribution < 1.29 is 38.4 Å². The minimum absolute atomic E-state index is 0.0197. The lowest BCUT2D eigenvalue weighted by molar-refractivity contribution is -0.135. The number of aromatic hydroxyl groups is 1. The van der Waals surface area contributed by atoms with Gasteiger partial charge in [0, 0.05) is 24.3 Å². The summed E-state index contributed by atoms with van der Waals surface area (Å²) < 4.78 is 22.6. The number of cyclic esters (lactones) is 1. The Morgan fingerprint density at radius 2 is 1.90 bits per heavy atom. The van der Waals surface area contributed by atoms with Gasteiger partial charge in [0.15, 0.2) is 11.5 Å². The van der Waals surface area contributed by atoms with Gasteiger partial charge in [0.2, 0.25) is 0 Å². The van der Waals surface area contributed by atoms with Gasteiger partial charge in [0.05, 0.1) is 19.6 Å². The Balaban J connectivity index is 1.78. The van der Waals surface area contributed by atoms with Crippen LogP contribution in [0.5, 0.6) is 23.0 Å². The molecule has 8 heteroatoms. The van der Waals surface area contributed by atoms with Crippen molar-refractivity contribution in [3.05, 3.63) is 64.7 Å². The van der Waals surface area contributed by atoms with Gasteiger partial charge >= 0.3 is 11.9 Å². The first kappa shape index (κ1) is 28.9. The molecule has 0 bridgehead atoms. The van der Waals surface area contributed by atoms with Crippen LogP contribution in [0.2, 0.25) is 0 Å². The molecule has 2 aliphatic heterocycles. The number of fused-ring (bicyclic) bond motifs is 2. The number of carbonyl (C=O) groups is 3. The van der Waals surface area contributed by atoms with E-state index in [2.05, 4.69) is 6.58 Å². The number of carbonyl (C=O) groups excluding carboxylic acids is 3. The number of methoxy groups -OCH3 is 1. The molecule has 2 aromatic rings. The van der Waals surface area contributed by atoms with Gasteiger partial charge in [-0.3, -0.25) is 9.59 Å². The van der Waals surface area contributed by atoms with Gasteiger partial charge in [-0.2, -0.15) is 0 Å². The highest BCUT2D eigenvalue weighted by atomic mass is 16.5. The molecule has 2 aliphatic rings. The molecule has 8 nitrogen and oxygen atoms in total. The lowest BCUT2D eigenvalue weighted by Crippen LogP contribution is -2.23. The summed E-state index contributed by atoms with van der Waals surface area (Å²) in [7, 11) is 1.52. The van der Waals surface area contributed by atoms with Crippen LogP contribution in [-0.2, 0) is 14.3 Å². The van der Waals surface area contributed by atoms with Crippen molar-refractivity contribution in [2.24, 2.45) is 0 Å². The van der Waals surface area contributed by atoms with Crippen LogP contribution in [-0.4, -0.2) is 42.6 Å². The van der Waals surface area contributed by atoms with Crippen molar-refractivity contribution in [3.63, 3.8) is 0 Å². The van der Waals surface area contributed by atoms with Crippen LogP contribution in [0.3, 0.4) is 0 Å². The molecule has 0 saturated carbocycles. The average Bonchev–Trinajstić information content (AvgIpc) is 2.90. The number of esters is 2. The molecule has 0 spiro atoms. The second-order valence-corrected chi connectivity index (χ2v) is 10.4. The molecule has 1 N–H and O–H groups in total. The maximum Gasteiger partial charge on any atom is 0.342 e. The number of ether oxygens (including phenoxy) is 4. The standard InChI is InChI=1S/C32H36O8/c1-19(2)18-38-25-14-13-21(15-26(25)37-4)24-17-28(34)40-27-16-22-10-6-5-7-11-23(33)12-8-9-20(3)39-32(36)29(22)31(35)30(24)27/h6,10,13-16,20,24,35H,1,5,7-9,11-12,17-18H2,2-4H3/t20-,24?/m0/s1. The molecular formula is C32H36O8. The van der Waals surface area contributed by atoms with Crippen LogP contribution in [0, 0.1) is 0 Å². The molecule has 1 unspecified atom stereocenters. The molecule has 0 saturated heterocycles. The summed E-state index contributed by atoms with van der Waals surface area (Å²) in [6.07, 6.45) is 6.47. The summed E-state index contributed by atoms with van der Waals surface area (Å²) in [4.78, 5) is 38.2. The van der Waals surface area contributed by atoms with Gasteiger partial charge in [-0.15, -0.1) is 0 Å². The Bertz CT molecular complexity index is 1340. The zero-order chi connectivity index (χ0) is 28.8. The molecule has 0 aliphatic carbocycles. The molecule has 0 aromatic heterocycles. The third kappa shape index (κ3) is 6.73. The Morgan fingerprint density at radius 1 is 1.12 bits per heavy atom.